The van der Waals surface area contributed by atoms with Gasteiger partial charge in [0, 0.05) is 43.9 Å². The van der Waals surface area contributed by atoms with Crippen LogP contribution in [0.1, 0.15) is 28.4 Å². The summed E-state index contributed by atoms with van der Waals surface area (Å²) in [5.74, 6) is 0. The van der Waals surface area contributed by atoms with Crippen LogP contribution in [-0.2, 0) is 11.2 Å². The van der Waals surface area contributed by atoms with E-state index in [0.717, 1.165) is 66.4 Å². The Kier molecular flexibility index (Phi) is 6.75. The van der Waals surface area contributed by atoms with Crippen LogP contribution in [-0.4, -0.2) is 49.4 Å². The van der Waals surface area contributed by atoms with Gasteiger partial charge in [0.05, 0.1) is 46.9 Å². The van der Waals surface area contributed by atoms with Crippen molar-refractivity contribution in [3.63, 3.8) is 0 Å². The fourth-order valence-electron chi connectivity index (χ4n) is 4.66. The van der Waals surface area contributed by atoms with Gasteiger partial charge in [0.2, 0.25) is 0 Å². The summed E-state index contributed by atoms with van der Waals surface area (Å²) in [6.45, 7) is 3.75. The van der Waals surface area contributed by atoms with Crippen LogP contribution >= 0.6 is 23.2 Å². The van der Waals surface area contributed by atoms with Gasteiger partial charge in [0.25, 0.3) is 5.56 Å². The zero-order chi connectivity index (χ0) is 23.7. The van der Waals surface area contributed by atoms with Crippen LogP contribution in [0.5, 0.6) is 0 Å². The first-order valence-electron chi connectivity index (χ1n) is 11.4. The van der Waals surface area contributed by atoms with E-state index in [9.17, 15) is 4.79 Å². The van der Waals surface area contributed by atoms with Gasteiger partial charge in [-0.2, -0.15) is 0 Å². The Labute approximate surface area is 208 Å². The Balaban J connectivity index is 1.46. The molecule has 0 bridgehead atoms. The number of nitrogens with zero attached hydrogens (tertiary/aromatic N) is 3. The molecular weight excluding hydrogens is 471 g/mol. The van der Waals surface area contributed by atoms with Crippen molar-refractivity contribution in [2.75, 3.05) is 44.8 Å². The van der Waals surface area contributed by atoms with E-state index in [0.29, 0.717) is 16.6 Å². The van der Waals surface area contributed by atoms with Gasteiger partial charge in [-0.15, -0.1) is 0 Å². The summed E-state index contributed by atoms with van der Waals surface area (Å²) >= 11 is 12.3. The van der Waals surface area contributed by atoms with Crippen LogP contribution in [0.4, 0.5) is 5.69 Å². The number of rotatable bonds is 6. The predicted octanol–water partition coefficient (Wildman–Crippen LogP) is 4.18. The number of fused-ring (bicyclic) bond motifs is 1. The second-order valence-electron chi connectivity index (χ2n) is 8.52. The number of anilines is 1. The molecule has 1 atom stereocenters. The molecule has 3 heterocycles. The number of aromatic nitrogens is 2. The van der Waals surface area contributed by atoms with E-state index in [4.69, 9.17) is 32.9 Å². The molecular formula is C26H26Cl2N4O2. The summed E-state index contributed by atoms with van der Waals surface area (Å²) in [6.07, 6.45) is 6.73. The van der Waals surface area contributed by atoms with E-state index in [1.807, 2.05) is 37.6 Å². The maximum absolute atomic E-state index is 13.3. The average Bonchev–Trinajstić information content (AvgIpc) is 3.28. The molecule has 2 aromatic heterocycles. The normalized spacial score (nSPS) is 16.3. The molecule has 34 heavy (non-hydrogen) atoms. The smallest absolute Gasteiger partial charge is 0.251 e. The van der Waals surface area contributed by atoms with E-state index in [2.05, 4.69) is 22.4 Å². The van der Waals surface area contributed by atoms with Crippen LogP contribution in [0.25, 0.3) is 5.57 Å². The highest BCUT2D eigenvalue weighted by Gasteiger charge is 2.22. The van der Waals surface area contributed by atoms with Gasteiger partial charge in [-0.3, -0.25) is 9.78 Å². The van der Waals surface area contributed by atoms with Crippen LogP contribution in [0.2, 0.25) is 10.0 Å². The van der Waals surface area contributed by atoms with Crippen molar-refractivity contribution in [1.29, 1.82) is 0 Å². The lowest BCUT2D eigenvalue weighted by Gasteiger charge is -2.29. The number of hydrogen-bond acceptors (Lipinski definition) is 5. The average molecular weight is 497 g/mol. The van der Waals surface area contributed by atoms with E-state index in [-0.39, 0.29) is 11.6 Å². The van der Waals surface area contributed by atoms with Crippen molar-refractivity contribution in [1.82, 2.24) is 14.9 Å². The van der Waals surface area contributed by atoms with E-state index in [1.165, 1.54) is 0 Å². The van der Waals surface area contributed by atoms with Gasteiger partial charge < -0.3 is 19.5 Å². The summed E-state index contributed by atoms with van der Waals surface area (Å²) < 4.78 is 7.22. The SMILES string of the molecule is CNCC(c1ccc(Cl)c(Cl)c1)n1ccc(C2=CCc3ncc(N4CCOCC4)cc32)cc1=O. The highest BCUT2D eigenvalue weighted by Crippen LogP contribution is 2.34. The number of nitrogens with one attached hydrogen (secondary N) is 1. The minimum atomic E-state index is -0.208. The van der Waals surface area contributed by atoms with E-state index in [1.54, 1.807) is 16.7 Å². The minimum absolute atomic E-state index is 0.0736. The zero-order valence-electron chi connectivity index (χ0n) is 18.9. The number of likely N-dealkylation sites (N-methyl/N-ethyl adjacent to an activating group) is 1. The van der Waals surface area contributed by atoms with Crippen molar-refractivity contribution >= 4 is 34.5 Å². The molecule has 1 aromatic carbocycles. The second-order valence-corrected chi connectivity index (χ2v) is 9.33. The molecule has 6 nitrogen and oxygen atoms in total. The van der Waals surface area contributed by atoms with Gasteiger partial charge in [0.15, 0.2) is 0 Å². The molecule has 1 saturated heterocycles. The topological polar surface area (TPSA) is 59.4 Å². The summed E-state index contributed by atoms with van der Waals surface area (Å²) in [5.41, 5.74) is 6.04. The number of hydrogen-bond donors (Lipinski definition) is 1. The van der Waals surface area contributed by atoms with Crippen molar-refractivity contribution in [2.45, 2.75) is 12.5 Å². The van der Waals surface area contributed by atoms with E-state index < -0.39 is 0 Å². The summed E-state index contributed by atoms with van der Waals surface area (Å²) in [6, 6.07) is 11.2. The molecule has 5 rings (SSSR count). The lowest BCUT2D eigenvalue weighted by molar-refractivity contribution is 0.122. The highest BCUT2D eigenvalue weighted by atomic mass is 35.5. The molecule has 0 amide bonds. The molecule has 3 aromatic rings. The fourth-order valence-corrected chi connectivity index (χ4v) is 4.97. The van der Waals surface area contributed by atoms with E-state index >= 15 is 0 Å². The van der Waals surface area contributed by atoms with Crippen LogP contribution < -0.4 is 15.8 Å². The molecule has 0 saturated carbocycles. The third-order valence-corrected chi connectivity index (χ3v) is 7.18. The Morgan fingerprint density at radius 2 is 1.94 bits per heavy atom. The molecule has 1 unspecified atom stereocenters. The first-order chi connectivity index (χ1) is 16.5. The number of allylic oxidation sites excluding steroid dienone is 1. The zero-order valence-corrected chi connectivity index (χ0v) is 20.4. The van der Waals surface area contributed by atoms with Crippen molar-refractivity contribution in [3.05, 3.63) is 97.7 Å². The molecule has 2 aliphatic rings. The Bertz CT molecular complexity index is 1300. The second kappa shape index (κ2) is 9.92. The quantitative estimate of drug-likeness (QED) is 0.554. The fraction of sp³-hybridized carbons (Fsp3) is 0.308. The Hall–Kier alpha value is -2.64. The third-order valence-electron chi connectivity index (χ3n) is 6.44. The lowest BCUT2D eigenvalue weighted by atomic mass is 10.0. The molecule has 176 valence electrons. The maximum Gasteiger partial charge on any atom is 0.251 e. The minimum Gasteiger partial charge on any atom is -0.378 e. The number of halogens is 2. The highest BCUT2D eigenvalue weighted by molar-refractivity contribution is 6.42. The van der Waals surface area contributed by atoms with Crippen molar-refractivity contribution < 1.29 is 4.74 Å². The Morgan fingerprint density at radius 3 is 2.68 bits per heavy atom. The van der Waals surface area contributed by atoms with Gasteiger partial charge >= 0.3 is 0 Å². The first-order valence-corrected chi connectivity index (χ1v) is 12.1. The number of benzene rings is 1. The number of morpholine rings is 1. The molecule has 1 N–H and O–H groups in total. The van der Waals surface area contributed by atoms with Crippen LogP contribution in [0, 0.1) is 0 Å². The lowest BCUT2D eigenvalue weighted by Crippen LogP contribution is -2.36. The van der Waals surface area contributed by atoms with Crippen LogP contribution in [0.3, 0.4) is 0 Å². The van der Waals surface area contributed by atoms with Gasteiger partial charge in [-0.25, -0.2) is 0 Å². The number of pyridine rings is 2. The number of ether oxygens (including phenoxy) is 1. The molecule has 0 spiro atoms. The molecule has 0 radical (unpaired) electrons. The largest absolute Gasteiger partial charge is 0.378 e. The third kappa shape index (κ3) is 4.51. The molecule has 8 heteroatoms. The maximum atomic E-state index is 13.3. The summed E-state index contributed by atoms with van der Waals surface area (Å²) in [4.78, 5) is 20.3. The summed E-state index contributed by atoms with van der Waals surface area (Å²) in [5, 5.41) is 4.14. The van der Waals surface area contributed by atoms with Gasteiger partial charge in [-0.1, -0.05) is 35.3 Å². The van der Waals surface area contributed by atoms with Gasteiger partial charge in [-0.05, 0) is 48.0 Å². The van der Waals surface area contributed by atoms with Gasteiger partial charge in [0.1, 0.15) is 0 Å². The monoisotopic (exact) mass is 496 g/mol. The molecule has 1 aliphatic heterocycles. The summed E-state index contributed by atoms with van der Waals surface area (Å²) in [7, 11) is 1.86. The Morgan fingerprint density at radius 1 is 1.12 bits per heavy atom. The standard InChI is InChI=1S/C26H26Cl2N4O2/c1-29-16-25(18-2-4-22(27)23(28)12-18)32-7-6-17(13-26(32)33)20-3-5-24-21(20)14-19(15-30-24)31-8-10-34-11-9-31/h2-4,6-7,12-15,25,29H,5,8-11,16H2,1H3. The van der Waals surface area contributed by atoms with Crippen LogP contribution in [0.15, 0.2) is 59.7 Å². The van der Waals surface area contributed by atoms with Crippen molar-refractivity contribution in [3.8, 4) is 0 Å². The molecule has 1 aliphatic carbocycles. The van der Waals surface area contributed by atoms with Crippen molar-refractivity contribution in [2.24, 2.45) is 0 Å². The first kappa shape index (κ1) is 23.1. The molecule has 1 fully saturated rings. The predicted molar refractivity (Wildman–Crippen MR) is 137 cm³/mol.